The number of imidazole rings is 2. The molecular formula is C44H54N8O6. The van der Waals surface area contributed by atoms with Gasteiger partial charge in [0.25, 0.3) is 0 Å². The minimum Gasteiger partial charge on any atom is -0.453 e. The third-order valence-corrected chi connectivity index (χ3v) is 12.1. The Labute approximate surface area is 338 Å². The van der Waals surface area contributed by atoms with Gasteiger partial charge >= 0.3 is 12.2 Å². The Hall–Kier alpha value is -5.92. The molecule has 0 spiro atoms. The average molecular weight is 791 g/mol. The second-order valence-corrected chi connectivity index (χ2v) is 16.7. The van der Waals surface area contributed by atoms with Crippen LogP contribution in [0, 0.1) is 11.8 Å². The molecule has 2 saturated heterocycles. The zero-order valence-electron chi connectivity index (χ0n) is 34.6. The zero-order chi connectivity index (χ0) is 41.5. The van der Waals surface area contributed by atoms with Crippen LogP contribution in [-0.4, -0.2) is 93.1 Å². The quantitative estimate of drug-likeness (QED) is 0.115. The molecule has 2 aromatic heterocycles. The summed E-state index contributed by atoms with van der Waals surface area (Å²) in [7, 11) is 2.59. The van der Waals surface area contributed by atoms with Crippen molar-refractivity contribution in [3.8, 4) is 22.3 Å². The summed E-state index contributed by atoms with van der Waals surface area (Å²) in [5.41, 5.74) is 6.16. The first kappa shape index (κ1) is 40.3. The maximum atomic E-state index is 13.8. The van der Waals surface area contributed by atoms with E-state index in [1.807, 2.05) is 63.5 Å². The first-order valence-electron chi connectivity index (χ1n) is 20.1. The number of methoxy groups -OCH3 is 2. The summed E-state index contributed by atoms with van der Waals surface area (Å²) in [4.78, 5) is 72.5. The van der Waals surface area contributed by atoms with Gasteiger partial charge in [0, 0.05) is 13.1 Å². The number of nitrogens with zero attached hydrogens (tertiary/aromatic N) is 4. The van der Waals surface area contributed by atoms with Crippen molar-refractivity contribution < 1.29 is 28.7 Å². The van der Waals surface area contributed by atoms with E-state index in [-0.39, 0.29) is 23.7 Å². The fraction of sp³-hybridized carbons (Fsp3) is 0.455. The highest BCUT2D eigenvalue weighted by molar-refractivity contribution is 5.89. The van der Waals surface area contributed by atoms with Crippen molar-refractivity contribution in [3.05, 3.63) is 72.3 Å². The van der Waals surface area contributed by atoms with Gasteiger partial charge in [-0.1, -0.05) is 64.1 Å². The summed E-state index contributed by atoms with van der Waals surface area (Å²) in [5, 5.41) is 5.45. The highest BCUT2D eigenvalue weighted by Crippen LogP contribution is 2.41. The van der Waals surface area contributed by atoms with Crippen molar-refractivity contribution in [2.75, 3.05) is 27.3 Å². The number of hydrogen-bond donors (Lipinski definition) is 4. The van der Waals surface area contributed by atoms with E-state index in [0.717, 1.165) is 81.7 Å². The molecule has 3 aromatic carbocycles. The molecule has 306 valence electrons. The van der Waals surface area contributed by atoms with E-state index in [9.17, 15) is 19.2 Å². The van der Waals surface area contributed by atoms with E-state index in [2.05, 4.69) is 69.1 Å². The van der Waals surface area contributed by atoms with Crippen LogP contribution in [0.4, 0.5) is 9.59 Å². The van der Waals surface area contributed by atoms with Crippen LogP contribution in [0.15, 0.2) is 60.7 Å². The van der Waals surface area contributed by atoms with Gasteiger partial charge in [-0.3, -0.25) is 9.59 Å². The molecule has 4 N–H and O–H groups in total. The molecule has 14 nitrogen and oxygen atoms in total. The number of carbonyl (C=O) groups excluding carboxylic acids is 4. The van der Waals surface area contributed by atoms with Crippen molar-refractivity contribution in [1.29, 1.82) is 0 Å². The maximum absolute atomic E-state index is 13.8. The van der Waals surface area contributed by atoms with Gasteiger partial charge in [0.15, 0.2) is 0 Å². The van der Waals surface area contributed by atoms with Crippen LogP contribution < -0.4 is 10.6 Å². The highest BCUT2D eigenvalue weighted by atomic mass is 16.5. The van der Waals surface area contributed by atoms with Gasteiger partial charge in [0.2, 0.25) is 11.8 Å². The Bertz CT molecular complexity index is 2190. The number of ether oxygens (including phenoxy) is 2. The van der Waals surface area contributed by atoms with Crippen LogP contribution in [0.3, 0.4) is 0 Å². The molecule has 2 aliphatic rings. The van der Waals surface area contributed by atoms with Crippen molar-refractivity contribution in [2.45, 2.75) is 90.4 Å². The van der Waals surface area contributed by atoms with E-state index in [1.54, 1.807) is 0 Å². The van der Waals surface area contributed by atoms with E-state index in [0.29, 0.717) is 13.1 Å². The fourth-order valence-corrected chi connectivity index (χ4v) is 8.60. The number of fused-ring (bicyclic) bond motifs is 2. The Kier molecular flexibility index (Phi) is 11.0. The molecule has 58 heavy (non-hydrogen) atoms. The summed E-state index contributed by atoms with van der Waals surface area (Å²) in [6, 6.07) is 19.3. The largest absolute Gasteiger partial charge is 0.453 e. The SMILES string of the molecule is COC(=O)N[C@H](C(=O)N1CCC[C@@]1(C)c1nc2cc(-c3ccc(-c4ccc5[nH]c([C@]6(C)CCCN6C(=O)[C@@H](NC(=O)OC)C(C)C)nc5c4)cc3)ccc2[nH]1)C(C)C. The topological polar surface area (TPSA) is 175 Å². The van der Waals surface area contributed by atoms with Crippen molar-refractivity contribution in [3.63, 3.8) is 0 Å². The third kappa shape index (κ3) is 7.35. The number of rotatable bonds is 10. The van der Waals surface area contributed by atoms with Gasteiger partial charge in [-0.25, -0.2) is 19.6 Å². The van der Waals surface area contributed by atoms with Crippen LogP contribution in [0.1, 0.15) is 78.9 Å². The molecule has 4 atom stereocenters. The summed E-state index contributed by atoms with van der Waals surface area (Å²) < 4.78 is 9.60. The van der Waals surface area contributed by atoms with Crippen molar-refractivity contribution in [1.82, 2.24) is 40.4 Å². The van der Waals surface area contributed by atoms with Gasteiger partial charge < -0.3 is 39.9 Å². The highest BCUT2D eigenvalue weighted by Gasteiger charge is 2.47. The van der Waals surface area contributed by atoms with Crippen LogP contribution in [0.25, 0.3) is 44.3 Å². The van der Waals surface area contributed by atoms with Crippen molar-refractivity contribution in [2.24, 2.45) is 11.8 Å². The van der Waals surface area contributed by atoms with E-state index >= 15 is 0 Å². The van der Waals surface area contributed by atoms with Crippen LogP contribution in [0.5, 0.6) is 0 Å². The molecule has 4 amide bonds. The third-order valence-electron chi connectivity index (χ3n) is 12.1. The summed E-state index contributed by atoms with van der Waals surface area (Å²) in [5.74, 6) is 0.882. The van der Waals surface area contributed by atoms with E-state index in [1.165, 1.54) is 14.2 Å². The lowest BCUT2D eigenvalue weighted by molar-refractivity contribution is -0.139. The van der Waals surface area contributed by atoms with Crippen LogP contribution >= 0.6 is 0 Å². The molecule has 0 saturated carbocycles. The van der Waals surface area contributed by atoms with Gasteiger partial charge in [-0.2, -0.15) is 0 Å². The number of amides is 4. The minimum atomic E-state index is -0.715. The number of H-pyrrole nitrogens is 2. The second kappa shape index (κ2) is 15.8. The minimum absolute atomic E-state index is 0.125. The molecule has 0 radical (unpaired) electrons. The number of aromatic amines is 2. The molecule has 7 rings (SSSR count). The Balaban J connectivity index is 1.09. The van der Waals surface area contributed by atoms with Crippen molar-refractivity contribution >= 4 is 46.1 Å². The first-order chi connectivity index (χ1) is 27.7. The molecule has 0 bridgehead atoms. The summed E-state index contributed by atoms with van der Waals surface area (Å²) in [6.07, 6.45) is 1.87. The number of hydrogen-bond acceptors (Lipinski definition) is 8. The zero-order valence-corrected chi connectivity index (χ0v) is 34.6. The Morgan fingerprint density at radius 1 is 0.621 bits per heavy atom. The molecule has 2 fully saturated rings. The summed E-state index contributed by atoms with van der Waals surface area (Å²) >= 11 is 0. The number of aromatic nitrogens is 4. The fourth-order valence-electron chi connectivity index (χ4n) is 8.60. The smallest absolute Gasteiger partial charge is 0.407 e. The van der Waals surface area contributed by atoms with E-state index < -0.39 is 35.3 Å². The Morgan fingerprint density at radius 3 is 1.33 bits per heavy atom. The molecule has 0 unspecified atom stereocenters. The predicted molar refractivity (Wildman–Crippen MR) is 222 cm³/mol. The first-order valence-corrected chi connectivity index (χ1v) is 20.1. The number of likely N-dealkylation sites (tertiary alicyclic amines) is 2. The molecule has 14 heteroatoms. The van der Waals surface area contributed by atoms with E-state index in [4.69, 9.17) is 19.4 Å². The monoisotopic (exact) mass is 790 g/mol. The lowest BCUT2D eigenvalue weighted by atomic mass is 9.95. The summed E-state index contributed by atoms with van der Waals surface area (Å²) in [6.45, 7) is 12.8. The normalized spacial score (nSPS) is 20.5. The lowest BCUT2D eigenvalue weighted by Gasteiger charge is -2.37. The molecule has 0 aliphatic carbocycles. The molecule has 2 aliphatic heterocycles. The molecule has 4 heterocycles. The predicted octanol–water partition coefficient (Wildman–Crippen LogP) is 7.21. The van der Waals surface area contributed by atoms with Crippen LogP contribution in [0.2, 0.25) is 0 Å². The number of nitrogens with one attached hydrogen (secondary N) is 4. The number of benzene rings is 3. The lowest BCUT2D eigenvalue weighted by Crippen LogP contribution is -2.55. The average Bonchev–Trinajstić information content (AvgIpc) is 4.03. The number of carbonyl (C=O) groups is 4. The second-order valence-electron chi connectivity index (χ2n) is 16.7. The maximum Gasteiger partial charge on any atom is 0.407 e. The van der Waals surface area contributed by atoms with Gasteiger partial charge in [0.05, 0.1) is 47.4 Å². The van der Waals surface area contributed by atoms with Gasteiger partial charge in [0.1, 0.15) is 23.7 Å². The van der Waals surface area contributed by atoms with Crippen LogP contribution in [-0.2, 0) is 30.1 Å². The number of alkyl carbamates (subject to hydrolysis) is 2. The standard InChI is InChI=1S/C44H54N8O6/c1-25(2)35(49-41(55)57-7)37(53)51-21-9-19-43(51,5)39-45-31-17-15-29(23-33(31)47-39)27-11-13-28(14-12-27)30-16-18-32-34(24-30)48-40(46-32)44(6)20-10-22-52(44)38(54)36(26(3)4)50-42(56)58-8/h11-18,23-26,35-36H,9-10,19-22H2,1-8H3,(H,45,47)(H,46,48)(H,49,55)(H,50,56)/t35-,36-,43-,44-/m0/s1. The molecular weight excluding hydrogens is 737 g/mol. The molecule has 5 aromatic rings. The van der Waals surface area contributed by atoms with Gasteiger partial charge in [-0.05, 0) is 97.9 Å². The Morgan fingerprint density at radius 2 is 0.983 bits per heavy atom. The van der Waals surface area contributed by atoms with Gasteiger partial charge in [-0.15, -0.1) is 0 Å².